The van der Waals surface area contributed by atoms with Crippen LogP contribution in [-0.4, -0.2) is 42.1 Å². The molecular formula is C19H24Cl2FN5O. The van der Waals surface area contributed by atoms with Gasteiger partial charge in [0.1, 0.15) is 11.6 Å². The number of rotatable bonds is 5. The van der Waals surface area contributed by atoms with Crippen molar-refractivity contribution in [2.45, 2.75) is 37.8 Å². The first kappa shape index (κ1) is 22.2. The number of anilines is 2. The maximum Gasteiger partial charge on any atom is 0.251 e. The maximum atomic E-state index is 13.2. The largest absolute Gasteiger partial charge is 0.363 e. The first-order valence-corrected chi connectivity index (χ1v) is 9.33. The van der Waals surface area contributed by atoms with Gasteiger partial charge in [0, 0.05) is 37.9 Å². The fourth-order valence-electron chi connectivity index (χ4n) is 3.14. The fraction of sp³-hybridized carbons (Fsp3) is 0.421. The van der Waals surface area contributed by atoms with Gasteiger partial charge >= 0.3 is 0 Å². The molecule has 28 heavy (non-hydrogen) atoms. The third-order valence-electron chi connectivity index (χ3n) is 4.68. The smallest absolute Gasteiger partial charge is 0.251 e. The average Bonchev–Trinajstić information content (AvgIpc) is 2.65. The Morgan fingerprint density at radius 1 is 1.18 bits per heavy atom. The average molecular weight is 428 g/mol. The Balaban J connectivity index is 0.00000280. The number of carbonyl (C=O) groups excluding carboxylic acids is 1. The molecule has 1 amide bonds. The number of aromatic nitrogens is 2. The van der Waals surface area contributed by atoms with Gasteiger partial charge in [-0.2, -0.15) is 4.98 Å². The van der Waals surface area contributed by atoms with Gasteiger partial charge in [-0.15, -0.1) is 12.4 Å². The summed E-state index contributed by atoms with van der Waals surface area (Å²) in [6.07, 6.45) is 5.26. The van der Waals surface area contributed by atoms with Crippen molar-refractivity contribution in [3.8, 4) is 0 Å². The lowest BCUT2D eigenvalue weighted by atomic mass is 9.91. The summed E-state index contributed by atoms with van der Waals surface area (Å²) in [5, 5.41) is 6.33. The van der Waals surface area contributed by atoms with Crippen molar-refractivity contribution in [3.05, 3.63) is 46.9 Å². The Kier molecular flexibility index (Phi) is 7.83. The van der Waals surface area contributed by atoms with Crippen molar-refractivity contribution in [1.29, 1.82) is 0 Å². The van der Waals surface area contributed by atoms with E-state index in [4.69, 9.17) is 11.6 Å². The van der Waals surface area contributed by atoms with Crippen molar-refractivity contribution in [2.24, 2.45) is 0 Å². The van der Waals surface area contributed by atoms with Crippen LogP contribution in [0.15, 0.2) is 30.5 Å². The van der Waals surface area contributed by atoms with Gasteiger partial charge in [-0.05, 0) is 49.9 Å². The van der Waals surface area contributed by atoms with Gasteiger partial charge in [-0.25, -0.2) is 9.37 Å². The molecule has 0 radical (unpaired) electrons. The Labute approximate surface area is 175 Å². The molecule has 3 rings (SSSR count). The molecule has 1 aliphatic carbocycles. The molecule has 1 saturated carbocycles. The normalized spacial score (nSPS) is 18.7. The van der Waals surface area contributed by atoms with Gasteiger partial charge in [0.15, 0.2) is 0 Å². The van der Waals surface area contributed by atoms with Crippen LogP contribution in [0, 0.1) is 5.82 Å². The van der Waals surface area contributed by atoms with E-state index >= 15 is 0 Å². The van der Waals surface area contributed by atoms with Crippen molar-refractivity contribution in [1.82, 2.24) is 15.3 Å². The topological polar surface area (TPSA) is 70.2 Å². The van der Waals surface area contributed by atoms with Gasteiger partial charge in [0.2, 0.25) is 5.95 Å². The van der Waals surface area contributed by atoms with Crippen molar-refractivity contribution in [2.75, 3.05) is 24.3 Å². The third-order valence-corrected chi connectivity index (χ3v) is 4.97. The highest BCUT2D eigenvalue weighted by atomic mass is 35.5. The minimum atomic E-state index is -0.527. The minimum Gasteiger partial charge on any atom is -0.363 e. The minimum absolute atomic E-state index is 0. The summed E-state index contributed by atoms with van der Waals surface area (Å²) >= 11 is 5.75. The molecule has 0 saturated heterocycles. The zero-order valence-electron chi connectivity index (χ0n) is 15.8. The zero-order valence-corrected chi connectivity index (χ0v) is 17.4. The number of carbonyl (C=O) groups is 1. The highest BCUT2D eigenvalue weighted by molar-refractivity contribution is 6.31. The quantitative estimate of drug-likeness (QED) is 0.756. The Morgan fingerprint density at radius 3 is 2.50 bits per heavy atom. The predicted octanol–water partition coefficient (Wildman–Crippen LogP) is 3.91. The molecule has 0 unspecified atom stereocenters. The second-order valence-corrected chi connectivity index (χ2v) is 7.34. The summed E-state index contributed by atoms with van der Waals surface area (Å²) in [4.78, 5) is 23.0. The van der Waals surface area contributed by atoms with Gasteiger partial charge in [-0.1, -0.05) is 11.6 Å². The molecule has 152 valence electrons. The molecule has 1 heterocycles. The van der Waals surface area contributed by atoms with Crippen LogP contribution in [0.1, 0.15) is 36.0 Å². The van der Waals surface area contributed by atoms with E-state index in [0.29, 0.717) is 11.5 Å². The van der Waals surface area contributed by atoms with E-state index in [0.717, 1.165) is 31.5 Å². The van der Waals surface area contributed by atoms with Crippen molar-refractivity contribution < 1.29 is 9.18 Å². The van der Waals surface area contributed by atoms with Gasteiger partial charge < -0.3 is 15.5 Å². The van der Waals surface area contributed by atoms with E-state index in [1.807, 2.05) is 25.1 Å². The molecule has 0 bridgehead atoms. The van der Waals surface area contributed by atoms with Gasteiger partial charge in [0.05, 0.1) is 5.02 Å². The molecule has 1 aromatic heterocycles. The second kappa shape index (κ2) is 9.89. The standard InChI is InChI=1S/C19H23ClFN5O.ClH/c1-26(2)17-9-10-22-19(25-17)24-14-6-4-13(5-7-14)23-18(27)12-3-8-16(21)15(20)11-12;/h3,8-11,13-14H,4-7H2,1-2H3,(H,23,27)(H,22,24,25);1H. The molecule has 1 aliphatic rings. The summed E-state index contributed by atoms with van der Waals surface area (Å²) in [5.74, 6) is 0.719. The molecule has 6 nitrogen and oxygen atoms in total. The van der Waals surface area contributed by atoms with Gasteiger partial charge in [-0.3, -0.25) is 4.79 Å². The second-order valence-electron chi connectivity index (χ2n) is 6.93. The first-order valence-electron chi connectivity index (χ1n) is 8.95. The molecule has 2 N–H and O–H groups in total. The number of amides is 1. The molecular weight excluding hydrogens is 404 g/mol. The van der Waals surface area contributed by atoms with Crippen LogP contribution in [0.3, 0.4) is 0 Å². The summed E-state index contributed by atoms with van der Waals surface area (Å²) in [7, 11) is 3.88. The molecule has 0 aliphatic heterocycles. The zero-order chi connectivity index (χ0) is 19.4. The molecule has 2 aromatic rings. The number of hydrogen-bond acceptors (Lipinski definition) is 5. The number of halogens is 3. The van der Waals surface area contributed by atoms with E-state index in [9.17, 15) is 9.18 Å². The van der Waals surface area contributed by atoms with Crippen LogP contribution in [0.2, 0.25) is 5.02 Å². The Bertz CT molecular complexity index is 813. The first-order chi connectivity index (χ1) is 12.9. The number of nitrogens with zero attached hydrogens (tertiary/aromatic N) is 3. The summed E-state index contributed by atoms with van der Waals surface area (Å²) in [6, 6.07) is 6.23. The monoisotopic (exact) mass is 427 g/mol. The number of nitrogens with one attached hydrogen (secondary N) is 2. The van der Waals surface area contributed by atoms with E-state index in [2.05, 4.69) is 20.6 Å². The summed E-state index contributed by atoms with van der Waals surface area (Å²) in [5.41, 5.74) is 0.371. The van der Waals surface area contributed by atoms with Crippen molar-refractivity contribution >= 4 is 41.7 Å². The molecule has 9 heteroatoms. The van der Waals surface area contributed by atoms with E-state index in [-0.39, 0.29) is 35.4 Å². The van der Waals surface area contributed by atoms with Gasteiger partial charge in [0.25, 0.3) is 5.91 Å². The van der Waals surface area contributed by atoms with Crippen LogP contribution < -0.4 is 15.5 Å². The van der Waals surface area contributed by atoms with E-state index in [1.165, 1.54) is 18.2 Å². The van der Waals surface area contributed by atoms with Crippen molar-refractivity contribution in [3.63, 3.8) is 0 Å². The number of hydrogen-bond donors (Lipinski definition) is 2. The van der Waals surface area contributed by atoms with Crippen LogP contribution in [-0.2, 0) is 0 Å². The fourth-order valence-corrected chi connectivity index (χ4v) is 3.32. The lowest BCUT2D eigenvalue weighted by Gasteiger charge is -2.29. The lowest BCUT2D eigenvalue weighted by molar-refractivity contribution is 0.0926. The van der Waals surface area contributed by atoms with Crippen LogP contribution in [0.4, 0.5) is 16.2 Å². The molecule has 0 spiro atoms. The SMILES string of the molecule is CN(C)c1ccnc(NC2CCC(NC(=O)c3ccc(F)c(Cl)c3)CC2)n1.Cl. The predicted molar refractivity (Wildman–Crippen MR) is 112 cm³/mol. The molecule has 0 atom stereocenters. The van der Waals surface area contributed by atoms with E-state index in [1.54, 1.807) is 6.20 Å². The molecule has 1 aromatic carbocycles. The summed E-state index contributed by atoms with van der Waals surface area (Å²) in [6.45, 7) is 0. The highest BCUT2D eigenvalue weighted by Gasteiger charge is 2.23. The van der Waals surface area contributed by atoms with Crippen LogP contribution in [0.5, 0.6) is 0 Å². The number of benzene rings is 1. The summed E-state index contributed by atoms with van der Waals surface area (Å²) < 4.78 is 13.2. The van der Waals surface area contributed by atoms with Crippen LogP contribution >= 0.6 is 24.0 Å². The molecule has 1 fully saturated rings. The van der Waals surface area contributed by atoms with Crippen LogP contribution in [0.25, 0.3) is 0 Å². The highest BCUT2D eigenvalue weighted by Crippen LogP contribution is 2.22. The maximum absolute atomic E-state index is 13.2. The third kappa shape index (κ3) is 5.69. The Morgan fingerprint density at radius 2 is 1.86 bits per heavy atom. The van der Waals surface area contributed by atoms with E-state index < -0.39 is 5.82 Å². The lowest BCUT2D eigenvalue weighted by Crippen LogP contribution is -2.40. The Hall–Kier alpha value is -2.12.